The number of allylic oxidation sites excluding steroid dienone is 2. The molecule has 0 N–H and O–H groups in total. The van der Waals surface area contributed by atoms with Crippen LogP contribution >= 0.6 is 0 Å². The molecule has 5 aliphatic carbocycles. The first-order valence-electron chi connectivity index (χ1n) is 18.9. The lowest BCUT2D eigenvalue weighted by atomic mass is 9.36. The van der Waals surface area contributed by atoms with Crippen molar-refractivity contribution in [2.24, 2.45) is 51.2 Å². The van der Waals surface area contributed by atoms with E-state index in [1.165, 1.54) is 68.9 Å². The Hall–Kier alpha value is -2.88. The van der Waals surface area contributed by atoms with Crippen LogP contribution in [0.3, 0.4) is 0 Å². The molecule has 5 aliphatic rings. The Balaban J connectivity index is 1.09. The molecule has 4 saturated carbocycles. The van der Waals surface area contributed by atoms with Gasteiger partial charge in [-0.25, -0.2) is 9.59 Å². The van der Waals surface area contributed by atoms with E-state index in [9.17, 15) is 9.59 Å². The number of benzene rings is 2. The maximum Gasteiger partial charge on any atom is 0.338 e. The molecule has 0 amide bonds. The molecule has 0 aliphatic heterocycles. The minimum absolute atomic E-state index is 0.0500. The van der Waals surface area contributed by atoms with Gasteiger partial charge in [0.05, 0.1) is 17.7 Å². The smallest absolute Gasteiger partial charge is 0.338 e. The van der Waals surface area contributed by atoms with Crippen LogP contribution in [0.25, 0.3) is 5.57 Å². The zero-order chi connectivity index (χ0) is 34.1. The van der Waals surface area contributed by atoms with Gasteiger partial charge in [0.25, 0.3) is 0 Å². The molecule has 48 heavy (non-hydrogen) atoms. The fourth-order valence-electron chi connectivity index (χ4n) is 12.7. The summed E-state index contributed by atoms with van der Waals surface area (Å²) in [6, 6.07) is 17.7. The lowest BCUT2D eigenvalue weighted by Crippen LogP contribution is -2.61. The standard InChI is InChI=1S/C44H58O4/c1-40(2,3)48-39(46)31-17-15-29(16-18-31)33-21-25-43(7)36(41(33,4)5)23-26-42(6)34-22-27-44(28-47-38(45)30-12-9-8-10-13-30)24-11-14-35(44)32(34)19-20-37(42)43/h8-10,12-13,15-18,21,32,34-37H,11,14,19-20,22-28H2,1-7H3. The highest BCUT2D eigenvalue weighted by Crippen LogP contribution is 2.73. The Labute approximate surface area is 289 Å². The van der Waals surface area contributed by atoms with Crippen molar-refractivity contribution in [3.8, 4) is 0 Å². The fraction of sp³-hybridized carbons (Fsp3) is 0.636. The number of ether oxygens (including phenoxy) is 2. The van der Waals surface area contributed by atoms with Crippen molar-refractivity contribution in [1.82, 2.24) is 0 Å². The summed E-state index contributed by atoms with van der Waals surface area (Å²) in [5.41, 5.74) is 4.32. The molecule has 2 aromatic rings. The molecule has 0 spiro atoms. The molecule has 7 rings (SSSR count). The summed E-state index contributed by atoms with van der Waals surface area (Å²) in [5.74, 6) is 3.13. The van der Waals surface area contributed by atoms with E-state index >= 15 is 0 Å². The summed E-state index contributed by atoms with van der Waals surface area (Å²) in [4.78, 5) is 25.7. The van der Waals surface area contributed by atoms with Crippen LogP contribution in [-0.2, 0) is 9.47 Å². The molecular weight excluding hydrogens is 592 g/mol. The van der Waals surface area contributed by atoms with E-state index in [0.29, 0.717) is 35.0 Å². The molecule has 4 fully saturated rings. The summed E-state index contributed by atoms with van der Waals surface area (Å²) in [5, 5.41) is 0. The van der Waals surface area contributed by atoms with E-state index in [1.807, 2.05) is 63.2 Å². The van der Waals surface area contributed by atoms with Crippen molar-refractivity contribution >= 4 is 17.5 Å². The molecule has 0 aromatic heterocycles. The third-order valence-electron chi connectivity index (χ3n) is 14.6. The zero-order valence-electron chi connectivity index (χ0n) is 30.6. The molecule has 0 radical (unpaired) electrons. The molecule has 4 heteroatoms. The fourth-order valence-corrected chi connectivity index (χ4v) is 12.7. The largest absolute Gasteiger partial charge is 0.461 e. The van der Waals surface area contributed by atoms with Gasteiger partial charge in [-0.2, -0.15) is 0 Å². The van der Waals surface area contributed by atoms with E-state index in [4.69, 9.17) is 9.47 Å². The highest BCUT2D eigenvalue weighted by molar-refractivity contribution is 5.90. The van der Waals surface area contributed by atoms with E-state index in [0.717, 1.165) is 24.2 Å². The van der Waals surface area contributed by atoms with Crippen LogP contribution in [0.5, 0.6) is 0 Å². The Bertz CT molecular complexity index is 1560. The van der Waals surface area contributed by atoms with Crippen molar-refractivity contribution < 1.29 is 19.1 Å². The summed E-state index contributed by atoms with van der Waals surface area (Å²) in [6.45, 7) is 16.6. The van der Waals surface area contributed by atoms with Gasteiger partial charge >= 0.3 is 11.9 Å². The van der Waals surface area contributed by atoms with Crippen molar-refractivity contribution in [1.29, 1.82) is 0 Å². The maximum atomic E-state index is 13.0. The normalized spacial score (nSPS) is 36.8. The topological polar surface area (TPSA) is 52.6 Å². The number of carbonyl (C=O) groups excluding carboxylic acids is 2. The first-order valence-corrected chi connectivity index (χ1v) is 18.9. The van der Waals surface area contributed by atoms with Gasteiger partial charge in [0.1, 0.15) is 5.60 Å². The third-order valence-corrected chi connectivity index (χ3v) is 14.6. The second-order valence-corrected chi connectivity index (χ2v) is 18.5. The lowest BCUT2D eigenvalue weighted by Gasteiger charge is -2.68. The highest BCUT2D eigenvalue weighted by atomic mass is 16.6. The van der Waals surface area contributed by atoms with Gasteiger partial charge in [-0.15, -0.1) is 0 Å². The molecule has 0 bridgehead atoms. The lowest BCUT2D eigenvalue weighted by molar-refractivity contribution is -0.181. The average Bonchev–Trinajstić information content (AvgIpc) is 3.48. The van der Waals surface area contributed by atoms with Crippen molar-refractivity contribution in [3.63, 3.8) is 0 Å². The predicted octanol–water partition coefficient (Wildman–Crippen LogP) is 11.0. The second kappa shape index (κ2) is 11.9. The van der Waals surface area contributed by atoms with Crippen LogP contribution in [-0.4, -0.2) is 24.1 Å². The van der Waals surface area contributed by atoms with Crippen molar-refractivity contribution in [2.75, 3.05) is 6.61 Å². The number of hydrogen-bond acceptors (Lipinski definition) is 4. The SMILES string of the molecule is CC(C)(C)OC(=O)c1ccc(C2=CCC3(C)C(CCC4(C)C5CCC6(COC(=O)c7ccccc7)CCCC6C5CCC43)C2(C)C)cc1. The molecule has 258 valence electrons. The molecular formula is C44H58O4. The van der Waals surface area contributed by atoms with Crippen molar-refractivity contribution in [3.05, 3.63) is 77.4 Å². The van der Waals surface area contributed by atoms with E-state index in [-0.39, 0.29) is 28.2 Å². The molecule has 0 heterocycles. The number of esters is 2. The Morgan fingerprint density at radius 1 is 0.729 bits per heavy atom. The summed E-state index contributed by atoms with van der Waals surface area (Å²) < 4.78 is 11.7. The minimum Gasteiger partial charge on any atom is -0.461 e. The van der Waals surface area contributed by atoms with Gasteiger partial charge < -0.3 is 9.47 Å². The van der Waals surface area contributed by atoms with Crippen molar-refractivity contribution in [2.45, 2.75) is 118 Å². The predicted molar refractivity (Wildman–Crippen MR) is 192 cm³/mol. The van der Waals surface area contributed by atoms with Crippen LogP contribution in [0.1, 0.15) is 139 Å². The molecule has 4 nitrogen and oxygen atoms in total. The number of carbonyl (C=O) groups is 2. The number of rotatable bonds is 5. The van der Waals surface area contributed by atoms with E-state index < -0.39 is 5.60 Å². The Morgan fingerprint density at radius 3 is 2.15 bits per heavy atom. The zero-order valence-corrected chi connectivity index (χ0v) is 30.6. The third kappa shape index (κ3) is 5.48. The monoisotopic (exact) mass is 650 g/mol. The Kier molecular flexibility index (Phi) is 8.31. The summed E-state index contributed by atoms with van der Waals surface area (Å²) in [6.07, 6.45) is 15.2. The highest BCUT2D eigenvalue weighted by Gasteiger charge is 2.65. The van der Waals surface area contributed by atoms with Gasteiger partial charge in [0.15, 0.2) is 0 Å². The quantitative estimate of drug-likeness (QED) is 0.302. The molecule has 8 unspecified atom stereocenters. The number of fused-ring (bicyclic) bond motifs is 7. The molecule has 0 saturated heterocycles. The van der Waals surface area contributed by atoms with Gasteiger partial charge in [0.2, 0.25) is 0 Å². The second-order valence-electron chi connectivity index (χ2n) is 18.5. The molecule has 2 aromatic carbocycles. The van der Waals surface area contributed by atoms with Crippen LogP contribution in [0.4, 0.5) is 0 Å². The molecule has 8 atom stereocenters. The minimum atomic E-state index is -0.502. The van der Waals surface area contributed by atoms with Crippen LogP contribution in [0, 0.1) is 51.2 Å². The average molecular weight is 651 g/mol. The maximum absolute atomic E-state index is 13.0. The number of hydrogen-bond donors (Lipinski definition) is 0. The van der Waals surface area contributed by atoms with Gasteiger partial charge in [-0.1, -0.05) is 70.5 Å². The first-order chi connectivity index (χ1) is 22.7. The van der Waals surface area contributed by atoms with Crippen LogP contribution in [0.2, 0.25) is 0 Å². The van der Waals surface area contributed by atoms with Gasteiger partial charge in [-0.05, 0) is 160 Å². The summed E-state index contributed by atoms with van der Waals surface area (Å²) in [7, 11) is 0. The van der Waals surface area contributed by atoms with Crippen LogP contribution in [0.15, 0.2) is 60.7 Å². The van der Waals surface area contributed by atoms with Crippen LogP contribution < -0.4 is 0 Å². The summed E-state index contributed by atoms with van der Waals surface area (Å²) >= 11 is 0. The van der Waals surface area contributed by atoms with E-state index in [1.54, 1.807) is 0 Å². The first kappa shape index (κ1) is 33.6. The van der Waals surface area contributed by atoms with E-state index in [2.05, 4.69) is 45.9 Å². The Morgan fingerprint density at radius 2 is 1.44 bits per heavy atom. The van der Waals surface area contributed by atoms with Gasteiger partial charge in [0, 0.05) is 5.41 Å². The van der Waals surface area contributed by atoms with Gasteiger partial charge in [-0.3, -0.25) is 0 Å².